The highest BCUT2D eigenvalue weighted by Crippen LogP contribution is 2.31. The van der Waals surface area contributed by atoms with Crippen molar-refractivity contribution in [3.05, 3.63) is 83.0 Å². The summed E-state index contributed by atoms with van der Waals surface area (Å²) in [6.45, 7) is 1.79. The number of aromatic carboxylic acids is 1. The van der Waals surface area contributed by atoms with Gasteiger partial charge in [-0.2, -0.15) is 5.26 Å². The number of carboxylic acids is 1. The van der Waals surface area contributed by atoms with Gasteiger partial charge >= 0.3 is 5.97 Å². The van der Waals surface area contributed by atoms with E-state index in [9.17, 15) is 20.0 Å². The molecule has 0 fully saturated rings. The summed E-state index contributed by atoms with van der Waals surface area (Å²) in [6, 6.07) is 19.9. The first-order valence-electron chi connectivity index (χ1n) is 11.6. The molecule has 5 rings (SSSR count). The van der Waals surface area contributed by atoms with Crippen LogP contribution in [0.2, 0.25) is 0 Å². The number of carboxylic acid groups (broad SMARTS) is 1. The minimum absolute atomic E-state index is 0.190. The van der Waals surface area contributed by atoms with Crippen molar-refractivity contribution >= 4 is 40.2 Å². The molecule has 2 N–H and O–H groups in total. The predicted octanol–water partition coefficient (Wildman–Crippen LogP) is 5.47. The van der Waals surface area contributed by atoms with E-state index in [4.69, 9.17) is 0 Å². The van der Waals surface area contributed by atoms with Crippen molar-refractivity contribution in [1.29, 1.82) is 5.26 Å². The molecular weight excluding hydrogens is 472 g/mol. The molecule has 1 atom stereocenters. The number of aromatic nitrogens is 2. The second-order valence-electron chi connectivity index (χ2n) is 8.62. The molecule has 1 aliphatic carbocycles. The SMILES string of the molecule is CC(Sc1nc2c(cc1C#N)CCC2)C(=O)Nc1ccc(-c2cc(C(=O)O)c3ccccc3n2)cc1. The number of pyridine rings is 2. The van der Waals surface area contributed by atoms with Crippen molar-refractivity contribution in [2.24, 2.45) is 0 Å². The Balaban J connectivity index is 1.32. The van der Waals surface area contributed by atoms with Crippen molar-refractivity contribution in [3.8, 4) is 17.3 Å². The second-order valence-corrected chi connectivity index (χ2v) is 9.95. The molecule has 1 aliphatic rings. The molecule has 0 bridgehead atoms. The molecule has 0 spiro atoms. The third-order valence-corrected chi connectivity index (χ3v) is 7.29. The van der Waals surface area contributed by atoms with Gasteiger partial charge < -0.3 is 10.4 Å². The molecule has 36 heavy (non-hydrogen) atoms. The van der Waals surface area contributed by atoms with Crippen LogP contribution < -0.4 is 5.32 Å². The first-order valence-corrected chi connectivity index (χ1v) is 12.4. The fourth-order valence-electron chi connectivity index (χ4n) is 4.31. The number of nitrogens with zero attached hydrogens (tertiary/aromatic N) is 3. The summed E-state index contributed by atoms with van der Waals surface area (Å²) in [5.41, 5.74) is 5.34. The van der Waals surface area contributed by atoms with Crippen LogP contribution in [-0.2, 0) is 17.6 Å². The van der Waals surface area contributed by atoms with Crippen molar-refractivity contribution < 1.29 is 14.7 Å². The number of hydrogen-bond acceptors (Lipinski definition) is 6. The van der Waals surface area contributed by atoms with Gasteiger partial charge in [-0.3, -0.25) is 4.79 Å². The maximum Gasteiger partial charge on any atom is 0.336 e. The van der Waals surface area contributed by atoms with E-state index in [1.807, 2.05) is 12.1 Å². The number of amides is 1. The van der Waals surface area contributed by atoms with Crippen LogP contribution in [0.4, 0.5) is 5.69 Å². The van der Waals surface area contributed by atoms with Crippen molar-refractivity contribution in [1.82, 2.24) is 9.97 Å². The van der Waals surface area contributed by atoms with Crippen LogP contribution in [0.25, 0.3) is 22.2 Å². The predicted molar refractivity (Wildman–Crippen MR) is 139 cm³/mol. The largest absolute Gasteiger partial charge is 0.478 e. The van der Waals surface area contributed by atoms with Gasteiger partial charge in [0.05, 0.1) is 27.6 Å². The number of fused-ring (bicyclic) bond motifs is 2. The Bertz CT molecular complexity index is 1540. The van der Waals surface area contributed by atoms with Gasteiger partial charge in [0.1, 0.15) is 11.1 Å². The van der Waals surface area contributed by atoms with Gasteiger partial charge in [0.2, 0.25) is 5.91 Å². The molecule has 4 aromatic rings. The minimum Gasteiger partial charge on any atom is -0.478 e. The third-order valence-electron chi connectivity index (χ3n) is 6.19. The molecule has 1 unspecified atom stereocenters. The fourth-order valence-corrected chi connectivity index (χ4v) is 5.21. The maximum absolute atomic E-state index is 12.9. The minimum atomic E-state index is -1.01. The molecule has 0 saturated heterocycles. The molecule has 0 radical (unpaired) electrons. The van der Waals surface area contributed by atoms with Gasteiger partial charge in [0, 0.05) is 22.3 Å². The lowest BCUT2D eigenvalue weighted by Gasteiger charge is -2.14. The Hall–Kier alpha value is -4.22. The van der Waals surface area contributed by atoms with Gasteiger partial charge in [-0.15, -0.1) is 0 Å². The van der Waals surface area contributed by atoms with Gasteiger partial charge in [0.25, 0.3) is 0 Å². The Morgan fingerprint density at radius 1 is 1.08 bits per heavy atom. The van der Waals surface area contributed by atoms with Crippen LogP contribution in [-0.4, -0.2) is 32.2 Å². The molecule has 1 amide bonds. The quantitative estimate of drug-likeness (QED) is 0.341. The summed E-state index contributed by atoms with van der Waals surface area (Å²) in [5.74, 6) is -1.21. The summed E-state index contributed by atoms with van der Waals surface area (Å²) in [7, 11) is 0. The van der Waals surface area contributed by atoms with Crippen LogP contribution in [0.5, 0.6) is 0 Å². The van der Waals surface area contributed by atoms with E-state index in [-0.39, 0.29) is 11.5 Å². The zero-order chi connectivity index (χ0) is 25.2. The molecule has 2 heterocycles. The van der Waals surface area contributed by atoms with Crippen LogP contribution in [0.3, 0.4) is 0 Å². The summed E-state index contributed by atoms with van der Waals surface area (Å²) in [4.78, 5) is 33.9. The van der Waals surface area contributed by atoms with Gasteiger partial charge in [-0.1, -0.05) is 42.1 Å². The normalized spacial score (nSPS) is 13.1. The van der Waals surface area contributed by atoms with Gasteiger partial charge in [0.15, 0.2) is 0 Å². The number of carbonyl (C=O) groups is 2. The van der Waals surface area contributed by atoms with Gasteiger partial charge in [-0.25, -0.2) is 14.8 Å². The Morgan fingerprint density at radius 3 is 2.61 bits per heavy atom. The molecule has 7 nitrogen and oxygen atoms in total. The molecule has 2 aromatic heterocycles. The number of para-hydroxylation sites is 1. The lowest BCUT2D eigenvalue weighted by molar-refractivity contribution is -0.115. The van der Waals surface area contributed by atoms with Crippen molar-refractivity contribution in [2.45, 2.75) is 36.5 Å². The number of rotatable bonds is 6. The van der Waals surface area contributed by atoms with E-state index in [1.165, 1.54) is 11.8 Å². The lowest BCUT2D eigenvalue weighted by Crippen LogP contribution is -2.22. The first-order chi connectivity index (χ1) is 17.4. The first kappa shape index (κ1) is 23.5. The monoisotopic (exact) mass is 494 g/mol. The average molecular weight is 495 g/mol. The summed E-state index contributed by atoms with van der Waals surface area (Å²) >= 11 is 1.28. The van der Waals surface area contributed by atoms with Crippen LogP contribution >= 0.6 is 11.8 Å². The van der Waals surface area contributed by atoms with E-state index >= 15 is 0 Å². The molecule has 0 saturated carbocycles. The molecule has 8 heteroatoms. The Morgan fingerprint density at radius 2 is 1.86 bits per heavy atom. The highest BCUT2D eigenvalue weighted by atomic mass is 32.2. The number of thioether (sulfide) groups is 1. The van der Waals surface area contributed by atoms with Gasteiger partial charge in [-0.05, 0) is 62.1 Å². The third kappa shape index (κ3) is 4.66. The zero-order valence-electron chi connectivity index (χ0n) is 19.5. The van der Waals surface area contributed by atoms with E-state index in [2.05, 4.69) is 21.4 Å². The fraction of sp³-hybridized carbons (Fsp3) is 0.179. The van der Waals surface area contributed by atoms with E-state index in [1.54, 1.807) is 55.5 Å². The lowest BCUT2D eigenvalue weighted by atomic mass is 10.0. The number of anilines is 1. The van der Waals surface area contributed by atoms with Crippen LogP contribution in [0, 0.1) is 11.3 Å². The summed E-state index contributed by atoms with van der Waals surface area (Å²) in [5, 5.41) is 22.8. The highest BCUT2D eigenvalue weighted by Gasteiger charge is 2.21. The van der Waals surface area contributed by atoms with Crippen LogP contribution in [0.15, 0.2) is 65.7 Å². The number of aryl methyl sites for hydroxylation is 2. The second kappa shape index (κ2) is 9.80. The van der Waals surface area contributed by atoms with Crippen molar-refractivity contribution in [3.63, 3.8) is 0 Å². The van der Waals surface area contributed by atoms with E-state index in [0.29, 0.717) is 32.9 Å². The van der Waals surface area contributed by atoms with Crippen LogP contribution in [0.1, 0.15) is 40.5 Å². The molecule has 0 aliphatic heterocycles. The van der Waals surface area contributed by atoms with E-state index < -0.39 is 11.2 Å². The number of carbonyl (C=O) groups excluding carboxylic acids is 1. The zero-order valence-corrected chi connectivity index (χ0v) is 20.3. The van der Waals surface area contributed by atoms with E-state index in [0.717, 1.165) is 36.1 Å². The average Bonchev–Trinajstić information content (AvgIpc) is 3.35. The summed E-state index contributed by atoms with van der Waals surface area (Å²) < 4.78 is 0. The molecular formula is C28H22N4O3S. The topological polar surface area (TPSA) is 116 Å². The smallest absolute Gasteiger partial charge is 0.336 e. The number of benzene rings is 2. The number of hydrogen-bond donors (Lipinski definition) is 2. The standard InChI is InChI=1S/C28H22N4O3S/c1-16(36-27-19(15-29)13-18-5-4-8-23(18)32-27)26(33)30-20-11-9-17(10-12-20)25-14-22(28(34)35)21-6-2-3-7-24(21)31-25/h2-3,6-7,9-14,16H,4-5,8H2,1H3,(H,30,33)(H,34,35). The number of nitrogens with one attached hydrogen (secondary N) is 1. The maximum atomic E-state index is 12.9. The summed E-state index contributed by atoms with van der Waals surface area (Å²) in [6.07, 6.45) is 2.89. The molecule has 2 aromatic carbocycles. The highest BCUT2D eigenvalue weighted by molar-refractivity contribution is 8.00. The van der Waals surface area contributed by atoms with Crippen molar-refractivity contribution in [2.75, 3.05) is 5.32 Å². The Labute approximate surface area is 212 Å². The Kier molecular flexibility index (Phi) is 6.40. The molecule has 178 valence electrons. The number of nitriles is 1.